The van der Waals surface area contributed by atoms with Gasteiger partial charge in [0.1, 0.15) is 5.82 Å². The SMILES string of the molecule is CCNC(Cc1cc(F)cc(Br)c1)c1ncccc1Cl. The smallest absolute Gasteiger partial charge is 0.124 e. The van der Waals surface area contributed by atoms with Crippen molar-refractivity contribution >= 4 is 27.5 Å². The number of hydrogen-bond donors (Lipinski definition) is 1. The maximum absolute atomic E-state index is 13.5. The maximum atomic E-state index is 13.5. The van der Waals surface area contributed by atoms with E-state index in [4.69, 9.17) is 11.6 Å². The summed E-state index contributed by atoms with van der Waals surface area (Å²) in [7, 11) is 0. The highest BCUT2D eigenvalue weighted by atomic mass is 79.9. The molecule has 1 aromatic heterocycles. The van der Waals surface area contributed by atoms with Crippen molar-refractivity contribution in [2.45, 2.75) is 19.4 Å². The predicted molar refractivity (Wildman–Crippen MR) is 83.5 cm³/mol. The van der Waals surface area contributed by atoms with Crippen LogP contribution in [0.3, 0.4) is 0 Å². The summed E-state index contributed by atoms with van der Waals surface area (Å²) in [6, 6.07) is 8.46. The Labute approximate surface area is 131 Å². The highest BCUT2D eigenvalue weighted by molar-refractivity contribution is 9.10. The monoisotopic (exact) mass is 356 g/mol. The highest BCUT2D eigenvalue weighted by Crippen LogP contribution is 2.25. The number of aromatic nitrogens is 1. The molecule has 0 bridgehead atoms. The first kappa shape index (κ1) is 15.4. The zero-order valence-electron chi connectivity index (χ0n) is 11.0. The quantitative estimate of drug-likeness (QED) is 0.850. The number of nitrogens with zero attached hydrogens (tertiary/aromatic N) is 1. The molecule has 1 unspecified atom stereocenters. The molecule has 2 aromatic rings. The molecule has 0 aliphatic carbocycles. The van der Waals surface area contributed by atoms with E-state index in [-0.39, 0.29) is 11.9 Å². The minimum Gasteiger partial charge on any atom is -0.309 e. The standard InChI is InChI=1S/C15H15BrClFN2/c1-2-19-14(15-13(17)4-3-5-20-15)8-10-6-11(16)9-12(18)7-10/h3-7,9,14,19H,2,8H2,1H3. The van der Waals surface area contributed by atoms with Crippen molar-refractivity contribution in [1.29, 1.82) is 0 Å². The van der Waals surface area contributed by atoms with E-state index in [1.165, 1.54) is 12.1 Å². The number of likely N-dealkylation sites (N-methyl/N-ethyl adjacent to an activating group) is 1. The van der Waals surface area contributed by atoms with E-state index < -0.39 is 0 Å². The van der Waals surface area contributed by atoms with Crippen molar-refractivity contribution in [3.8, 4) is 0 Å². The second-order valence-electron chi connectivity index (χ2n) is 4.46. The third-order valence-electron chi connectivity index (χ3n) is 2.93. The van der Waals surface area contributed by atoms with Crippen molar-refractivity contribution in [3.63, 3.8) is 0 Å². The van der Waals surface area contributed by atoms with Gasteiger partial charge in [-0.2, -0.15) is 0 Å². The van der Waals surface area contributed by atoms with E-state index >= 15 is 0 Å². The summed E-state index contributed by atoms with van der Waals surface area (Å²) in [5.41, 5.74) is 1.68. The molecule has 0 radical (unpaired) electrons. The van der Waals surface area contributed by atoms with E-state index in [1.807, 2.05) is 19.1 Å². The largest absolute Gasteiger partial charge is 0.309 e. The molecule has 1 atom stereocenters. The van der Waals surface area contributed by atoms with Crippen LogP contribution in [0.15, 0.2) is 41.0 Å². The summed E-state index contributed by atoms with van der Waals surface area (Å²) in [4.78, 5) is 4.34. The molecular weight excluding hydrogens is 343 g/mol. The van der Waals surface area contributed by atoms with Crippen LogP contribution in [0.2, 0.25) is 5.02 Å². The van der Waals surface area contributed by atoms with Crippen LogP contribution in [0.5, 0.6) is 0 Å². The molecule has 20 heavy (non-hydrogen) atoms. The lowest BCUT2D eigenvalue weighted by molar-refractivity contribution is 0.534. The third-order valence-corrected chi connectivity index (χ3v) is 3.71. The van der Waals surface area contributed by atoms with E-state index in [0.29, 0.717) is 11.4 Å². The fraction of sp³-hybridized carbons (Fsp3) is 0.267. The van der Waals surface area contributed by atoms with E-state index in [9.17, 15) is 4.39 Å². The Hall–Kier alpha value is -0.970. The Morgan fingerprint density at radius 2 is 2.20 bits per heavy atom. The summed E-state index contributed by atoms with van der Waals surface area (Å²) < 4.78 is 14.2. The van der Waals surface area contributed by atoms with Gasteiger partial charge in [0.05, 0.1) is 16.8 Å². The average molecular weight is 358 g/mol. The molecule has 2 rings (SSSR count). The topological polar surface area (TPSA) is 24.9 Å². The van der Waals surface area contributed by atoms with Crippen LogP contribution >= 0.6 is 27.5 Å². The zero-order valence-corrected chi connectivity index (χ0v) is 13.4. The Bertz CT molecular complexity index is 572. The van der Waals surface area contributed by atoms with E-state index in [0.717, 1.165) is 22.3 Å². The molecule has 1 heterocycles. The molecule has 0 saturated heterocycles. The van der Waals surface area contributed by atoms with Gasteiger partial charge in [-0.1, -0.05) is 34.5 Å². The minimum atomic E-state index is -0.253. The average Bonchev–Trinajstić information content (AvgIpc) is 2.37. The first-order valence-electron chi connectivity index (χ1n) is 6.39. The Balaban J connectivity index is 2.28. The molecule has 0 aliphatic heterocycles. The number of rotatable bonds is 5. The summed E-state index contributed by atoms with van der Waals surface area (Å²) in [5, 5.41) is 3.96. The second-order valence-corrected chi connectivity index (χ2v) is 5.79. The van der Waals surface area contributed by atoms with Crippen molar-refractivity contribution in [2.24, 2.45) is 0 Å². The summed E-state index contributed by atoms with van der Waals surface area (Å²) in [5.74, 6) is -0.253. The highest BCUT2D eigenvalue weighted by Gasteiger charge is 2.16. The maximum Gasteiger partial charge on any atom is 0.124 e. The second kappa shape index (κ2) is 7.16. The first-order chi connectivity index (χ1) is 9.60. The van der Waals surface area contributed by atoms with E-state index in [2.05, 4.69) is 26.2 Å². The van der Waals surface area contributed by atoms with Gasteiger partial charge in [-0.3, -0.25) is 4.98 Å². The zero-order chi connectivity index (χ0) is 14.5. The Kier molecular flexibility index (Phi) is 5.52. The van der Waals surface area contributed by atoms with Gasteiger partial charge in [-0.25, -0.2) is 4.39 Å². The molecule has 2 nitrogen and oxygen atoms in total. The normalized spacial score (nSPS) is 12.4. The van der Waals surface area contributed by atoms with Gasteiger partial charge in [0.25, 0.3) is 0 Å². The Morgan fingerprint density at radius 3 is 2.85 bits per heavy atom. The molecule has 0 aliphatic rings. The van der Waals surface area contributed by atoms with Gasteiger partial charge in [-0.15, -0.1) is 0 Å². The summed E-state index contributed by atoms with van der Waals surface area (Å²) in [6.45, 7) is 2.80. The minimum absolute atomic E-state index is 0.0394. The molecule has 1 N–H and O–H groups in total. The summed E-state index contributed by atoms with van der Waals surface area (Å²) in [6.07, 6.45) is 2.34. The fourth-order valence-corrected chi connectivity index (χ4v) is 2.90. The molecule has 0 spiro atoms. The van der Waals surface area contributed by atoms with Crippen molar-refractivity contribution < 1.29 is 4.39 Å². The Morgan fingerprint density at radius 1 is 1.40 bits per heavy atom. The van der Waals surface area contributed by atoms with Gasteiger partial charge in [0, 0.05) is 10.7 Å². The van der Waals surface area contributed by atoms with Crippen LogP contribution in [0.25, 0.3) is 0 Å². The van der Waals surface area contributed by atoms with Crippen LogP contribution < -0.4 is 5.32 Å². The fourth-order valence-electron chi connectivity index (χ4n) is 2.13. The van der Waals surface area contributed by atoms with Crippen molar-refractivity contribution in [2.75, 3.05) is 6.54 Å². The van der Waals surface area contributed by atoms with Crippen LogP contribution in [0, 0.1) is 5.82 Å². The van der Waals surface area contributed by atoms with Gasteiger partial charge in [0.2, 0.25) is 0 Å². The first-order valence-corrected chi connectivity index (χ1v) is 7.56. The van der Waals surface area contributed by atoms with Gasteiger partial charge in [0.15, 0.2) is 0 Å². The van der Waals surface area contributed by atoms with Crippen LogP contribution in [-0.4, -0.2) is 11.5 Å². The molecule has 5 heteroatoms. The number of pyridine rings is 1. The molecule has 0 saturated carbocycles. The third kappa shape index (κ3) is 4.01. The number of hydrogen-bond acceptors (Lipinski definition) is 2. The summed E-state index contributed by atoms with van der Waals surface area (Å²) >= 11 is 9.51. The molecule has 1 aromatic carbocycles. The van der Waals surface area contributed by atoms with Crippen molar-refractivity contribution in [1.82, 2.24) is 10.3 Å². The van der Waals surface area contributed by atoms with Gasteiger partial charge < -0.3 is 5.32 Å². The van der Waals surface area contributed by atoms with Crippen LogP contribution in [-0.2, 0) is 6.42 Å². The predicted octanol–water partition coefficient (Wildman–Crippen LogP) is 4.53. The number of benzene rings is 1. The molecular formula is C15H15BrClFN2. The lowest BCUT2D eigenvalue weighted by Crippen LogP contribution is -2.24. The van der Waals surface area contributed by atoms with Crippen LogP contribution in [0.4, 0.5) is 4.39 Å². The molecule has 0 fully saturated rings. The lowest BCUT2D eigenvalue weighted by atomic mass is 10.0. The van der Waals surface area contributed by atoms with Crippen molar-refractivity contribution in [3.05, 3.63) is 63.1 Å². The lowest BCUT2D eigenvalue weighted by Gasteiger charge is -2.18. The van der Waals surface area contributed by atoms with Gasteiger partial charge in [-0.05, 0) is 48.9 Å². The van der Waals surface area contributed by atoms with Crippen LogP contribution in [0.1, 0.15) is 24.2 Å². The number of nitrogens with one attached hydrogen (secondary N) is 1. The van der Waals surface area contributed by atoms with E-state index in [1.54, 1.807) is 12.3 Å². The number of halogens is 3. The van der Waals surface area contributed by atoms with Gasteiger partial charge >= 0.3 is 0 Å². The molecule has 106 valence electrons. The molecule has 0 amide bonds.